The Morgan fingerprint density at radius 3 is 0.938 bits per heavy atom. The molecule has 4 heterocycles. The quantitative estimate of drug-likeness (QED) is 0.114. The first-order valence-electron chi connectivity index (χ1n) is 38.6. The van der Waals surface area contributed by atoms with Crippen molar-refractivity contribution in [3.8, 4) is 11.4 Å². The second-order valence-electron chi connectivity index (χ2n) is 34.8. The van der Waals surface area contributed by atoms with E-state index in [9.17, 15) is 9.00 Å². The number of rotatable bonds is 9. The number of nitrogens with zero attached hydrogens (tertiary/aromatic N) is 4. The number of anilines is 6. The van der Waals surface area contributed by atoms with Crippen molar-refractivity contribution in [2.24, 2.45) is 0 Å². The van der Waals surface area contributed by atoms with Gasteiger partial charge in [0.2, 0.25) is 0 Å². The van der Waals surface area contributed by atoms with Crippen molar-refractivity contribution in [3.63, 3.8) is 0 Å². The predicted molar refractivity (Wildman–Crippen MR) is 471 cm³/mol. The second-order valence-corrected chi connectivity index (χ2v) is 37.9. The van der Waals surface area contributed by atoms with E-state index in [-0.39, 0.29) is 38.1 Å². The molecule has 17 rings (SSSR count). The molecule has 0 bridgehead atoms. The van der Waals surface area contributed by atoms with Gasteiger partial charge < -0.3 is 18.9 Å². The van der Waals surface area contributed by atoms with Crippen LogP contribution in [0.15, 0.2) is 311 Å². The van der Waals surface area contributed by atoms with E-state index in [0.29, 0.717) is 5.02 Å². The Morgan fingerprint density at radius 1 is 0.357 bits per heavy atom. The first-order valence-corrected chi connectivity index (χ1v) is 40.9. The molecule has 8 nitrogen and oxygen atoms in total. The van der Waals surface area contributed by atoms with E-state index in [1.54, 1.807) is 12.1 Å². The molecule has 13 aromatic carbocycles. The summed E-state index contributed by atoms with van der Waals surface area (Å²) >= 11 is 7.37. The molecule has 0 spiro atoms. The largest absolute Gasteiger partial charge is 0.372 e. The van der Waals surface area contributed by atoms with E-state index in [1.165, 1.54) is 144 Å². The minimum atomic E-state index is -1.33. The Labute approximate surface area is 671 Å². The summed E-state index contributed by atoms with van der Waals surface area (Å²) in [6.45, 7) is 36.7. The topological polar surface area (TPSA) is 79.9 Å². The zero-order valence-corrected chi connectivity index (χ0v) is 69.3. The Balaban J connectivity index is 0.000000156. The lowest BCUT2D eigenvalue weighted by Crippen LogP contribution is -2.30. The number of aromatic nitrogens is 2. The van der Waals surface area contributed by atoms with Crippen LogP contribution in [-0.2, 0) is 48.2 Å². The van der Waals surface area contributed by atoms with Crippen LogP contribution in [0.5, 0.6) is 0 Å². The molecular formula is C101H97ClN4O4S2. The third-order valence-electron chi connectivity index (χ3n) is 22.5. The SMILES string of the molecule is CC(C)(C)c1ccc2c(c1)c1cc(C(C)(C)C)ccc1n2-c1ccc(S(=O)c2ccc(N3c4ccccc4C(C)(C)c4ccccc43)cc2)cc1.CC(C)(C)c1ccc2c(c1)c1cc(C(C)(C)C)ccc1n2-c1ccc(Sc2ccc(N3c4ccccc4C(C)(C)c4ccccc43)cc2)cc1.O=C(OO)c1cccc(Cl)c1. The van der Waals surface area contributed by atoms with Crippen LogP contribution in [0.3, 0.4) is 0 Å². The van der Waals surface area contributed by atoms with Gasteiger partial charge in [0.15, 0.2) is 0 Å². The Kier molecular flexibility index (Phi) is 20.1. The molecule has 0 aliphatic carbocycles. The van der Waals surface area contributed by atoms with Gasteiger partial charge in [-0.15, -0.1) is 0 Å². The van der Waals surface area contributed by atoms with Crippen molar-refractivity contribution >= 4 is 118 Å². The molecule has 15 aromatic rings. The monoisotopic (exact) mass is 1530 g/mol. The third kappa shape index (κ3) is 14.5. The molecule has 564 valence electrons. The fraction of sp³-hybridized carbons (Fsp3) is 0.218. The molecule has 112 heavy (non-hydrogen) atoms. The number of halogens is 1. The number of hydrogen-bond acceptors (Lipinski definition) is 7. The Hall–Kier alpha value is -10.7. The maximum Gasteiger partial charge on any atom is 0.372 e. The number of benzene rings is 13. The fourth-order valence-corrected chi connectivity index (χ4v) is 18.1. The number of fused-ring (bicyclic) bond motifs is 10. The number of carbonyl (C=O) groups excluding carboxylic acids is 1. The van der Waals surface area contributed by atoms with Crippen molar-refractivity contribution in [1.29, 1.82) is 0 Å². The van der Waals surface area contributed by atoms with Crippen LogP contribution >= 0.6 is 23.4 Å². The number of carbonyl (C=O) groups is 1. The highest BCUT2D eigenvalue weighted by Crippen LogP contribution is 2.54. The molecule has 0 saturated heterocycles. The highest BCUT2D eigenvalue weighted by atomic mass is 35.5. The van der Waals surface area contributed by atoms with Crippen LogP contribution in [-0.4, -0.2) is 24.6 Å². The first kappa shape index (κ1) is 76.6. The van der Waals surface area contributed by atoms with Gasteiger partial charge in [-0.3, -0.25) is 4.89 Å². The smallest absolute Gasteiger partial charge is 0.310 e. The van der Waals surface area contributed by atoms with Gasteiger partial charge in [-0.25, -0.2) is 9.00 Å². The van der Waals surface area contributed by atoms with Crippen molar-refractivity contribution in [2.45, 2.75) is 163 Å². The number of hydrogen-bond donors (Lipinski definition) is 1. The zero-order chi connectivity index (χ0) is 79.1. The van der Waals surface area contributed by atoms with Gasteiger partial charge in [0.25, 0.3) is 0 Å². The maximum absolute atomic E-state index is 14.0. The summed E-state index contributed by atoms with van der Waals surface area (Å²) in [5, 5.41) is 13.6. The average molecular weight is 1530 g/mol. The van der Waals surface area contributed by atoms with Gasteiger partial charge in [-0.05, 0) is 254 Å². The lowest BCUT2D eigenvalue weighted by Gasteiger charge is -2.42. The fourth-order valence-electron chi connectivity index (χ4n) is 16.1. The molecule has 0 saturated carbocycles. The summed E-state index contributed by atoms with van der Waals surface area (Å²) in [4.78, 5) is 22.9. The minimum absolute atomic E-state index is 0.0494. The summed E-state index contributed by atoms with van der Waals surface area (Å²) < 4.78 is 18.8. The van der Waals surface area contributed by atoms with Crippen molar-refractivity contribution in [2.75, 3.05) is 9.80 Å². The molecule has 11 heteroatoms. The average Bonchev–Trinajstić information content (AvgIpc) is 0.984. The molecule has 2 aliphatic rings. The summed E-state index contributed by atoms with van der Waals surface area (Å²) in [5.41, 5.74) is 25.2. The van der Waals surface area contributed by atoms with Crippen LogP contribution in [0.4, 0.5) is 34.1 Å². The summed E-state index contributed by atoms with van der Waals surface area (Å²) in [6.07, 6.45) is 0. The van der Waals surface area contributed by atoms with Crippen LogP contribution in [0, 0.1) is 0 Å². The lowest BCUT2D eigenvalue weighted by atomic mass is 9.73. The van der Waals surface area contributed by atoms with E-state index in [0.717, 1.165) is 21.2 Å². The van der Waals surface area contributed by atoms with E-state index < -0.39 is 16.8 Å². The Bertz CT molecular complexity index is 5880. The lowest BCUT2D eigenvalue weighted by molar-refractivity contribution is -0.182. The molecule has 0 fully saturated rings. The van der Waals surface area contributed by atoms with Crippen molar-refractivity contribution < 1.29 is 19.1 Å². The van der Waals surface area contributed by atoms with E-state index in [4.69, 9.17) is 16.9 Å². The van der Waals surface area contributed by atoms with Crippen molar-refractivity contribution in [1.82, 2.24) is 9.13 Å². The highest BCUT2D eigenvalue weighted by Gasteiger charge is 2.38. The third-order valence-corrected chi connectivity index (χ3v) is 25.1. The molecule has 1 unspecified atom stereocenters. The van der Waals surface area contributed by atoms with Crippen LogP contribution in [0.25, 0.3) is 55.0 Å². The zero-order valence-electron chi connectivity index (χ0n) is 66.9. The van der Waals surface area contributed by atoms with E-state index in [1.807, 2.05) is 36.0 Å². The first-order chi connectivity index (χ1) is 53.3. The minimum Gasteiger partial charge on any atom is -0.310 e. The van der Waals surface area contributed by atoms with E-state index in [2.05, 4.69) is 377 Å². The van der Waals surface area contributed by atoms with Crippen LogP contribution in [0.1, 0.15) is 166 Å². The predicted octanol–water partition coefficient (Wildman–Crippen LogP) is 28.3. The Morgan fingerprint density at radius 2 is 0.643 bits per heavy atom. The normalized spacial score (nSPS) is 14.0. The van der Waals surface area contributed by atoms with Gasteiger partial charge in [-0.1, -0.05) is 237 Å². The van der Waals surface area contributed by atoms with Gasteiger partial charge >= 0.3 is 5.97 Å². The number of para-hydroxylation sites is 4. The highest BCUT2D eigenvalue weighted by molar-refractivity contribution is 7.99. The molecule has 2 aliphatic heterocycles. The molecule has 1 atom stereocenters. The van der Waals surface area contributed by atoms with Gasteiger partial charge in [0.05, 0.1) is 61.2 Å². The van der Waals surface area contributed by atoms with Crippen molar-refractivity contribution in [3.05, 3.63) is 346 Å². The van der Waals surface area contributed by atoms with E-state index >= 15 is 0 Å². The molecule has 1 N–H and O–H groups in total. The summed E-state index contributed by atoms with van der Waals surface area (Å²) in [5.74, 6) is -0.813. The molecule has 2 aromatic heterocycles. The summed E-state index contributed by atoms with van der Waals surface area (Å²) in [6, 6.07) is 104. The summed E-state index contributed by atoms with van der Waals surface area (Å²) in [7, 11) is -1.33. The van der Waals surface area contributed by atoms with Crippen LogP contribution in [0.2, 0.25) is 5.02 Å². The maximum atomic E-state index is 14.0. The van der Waals surface area contributed by atoms with Gasteiger partial charge in [0.1, 0.15) is 0 Å². The van der Waals surface area contributed by atoms with Gasteiger partial charge in [0, 0.05) is 79.7 Å². The second kappa shape index (κ2) is 29.4. The molecular weight excluding hydrogens is 1430 g/mol. The van der Waals surface area contributed by atoms with Crippen LogP contribution < -0.4 is 9.80 Å². The molecule has 0 amide bonds. The van der Waals surface area contributed by atoms with Gasteiger partial charge in [-0.2, -0.15) is 5.26 Å². The molecule has 0 radical (unpaired) electrons. The standard InChI is InChI=1S/C47H46N2OS.C47H46N2S.C7H5ClO3/c1-45(2,3)31-17-27-41-37(29-31)38-30-32(46(4,5)6)18-28-42(38)48(41)33-19-23-35(24-20-33)51(50)36-25-21-34(22-26-36)49-43-15-11-9-13-39(43)47(7,8)40-14-10-12-16-44(40)49;1-45(2,3)31-17-27-41-37(29-31)38-30-32(46(4,5)6)18-28-42(38)48(41)33-19-23-35(24-20-33)50-36-25-21-34(22-26-36)49-43-15-11-9-13-39(43)47(7,8)40-14-10-12-16-44(40)49;8-6-3-1-2-5(4-6)7(9)11-10/h9-30H,1-8H3;9-30H,1-8H3;1-4,10H.